The minimum Gasteiger partial charge on any atom is -0.482 e. The van der Waals surface area contributed by atoms with E-state index in [1.54, 1.807) is 0 Å². The van der Waals surface area contributed by atoms with E-state index in [0.717, 1.165) is 16.7 Å². The SMILES string of the molecule is O=C(COc1ccc(-c2ccccc2)cc1)OCc1ccccc1. The molecule has 3 heteroatoms. The summed E-state index contributed by atoms with van der Waals surface area (Å²) < 4.78 is 10.7. The molecular formula is C21H18O3. The van der Waals surface area contributed by atoms with Gasteiger partial charge in [0.25, 0.3) is 0 Å². The molecule has 3 aromatic carbocycles. The van der Waals surface area contributed by atoms with Gasteiger partial charge in [0.2, 0.25) is 0 Å². The number of esters is 1. The molecule has 0 saturated carbocycles. The monoisotopic (exact) mass is 318 g/mol. The van der Waals surface area contributed by atoms with E-state index in [0.29, 0.717) is 5.75 Å². The van der Waals surface area contributed by atoms with E-state index in [9.17, 15) is 4.79 Å². The lowest BCUT2D eigenvalue weighted by atomic mass is 10.1. The van der Waals surface area contributed by atoms with Gasteiger partial charge in [0.1, 0.15) is 12.4 Å². The smallest absolute Gasteiger partial charge is 0.344 e. The van der Waals surface area contributed by atoms with Gasteiger partial charge >= 0.3 is 5.97 Å². The Morgan fingerprint density at radius 2 is 1.29 bits per heavy atom. The largest absolute Gasteiger partial charge is 0.482 e. The van der Waals surface area contributed by atoms with Crippen LogP contribution in [0.15, 0.2) is 84.9 Å². The standard InChI is InChI=1S/C21H18O3/c22-21(24-15-17-7-3-1-4-8-17)16-23-20-13-11-19(12-14-20)18-9-5-2-6-10-18/h1-14H,15-16H2. The van der Waals surface area contributed by atoms with Crippen molar-refractivity contribution in [2.45, 2.75) is 6.61 Å². The Kier molecular flexibility index (Phi) is 5.25. The number of carbonyl (C=O) groups excluding carboxylic acids is 1. The molecular weight excluding hydrogens is 300 g/mol. The van der Waals surface area contributed by atoms with Crippen LogP contribution in [-0.2, 0) is 16.1 Å². The third-order valence-electron chi connectivity index (χ3n) is 3.56. The maximum atomic E-state index is 11.7. The molecule has 0 aliphatic carbocycles. The van der Waals surface area contributed by atoms with Crippen LogP contribution in [0.2, 0.25) is 0 Å². The first-order valence-corrected chi connectivity index (χ1v) is 7.79. The van der Waals surface area contributed by atoms with E-state index in [4.69, 9.17) is 9.47 Å². The summed E-state index contributed by atoms with van der Waals surface area (Å²) in [6.45, 7) is 0.160. The predicted octanol–water partition coefficient (Wildman–Crippen LogP) is 4.48. The van der Waals surface area contributed by atoms with Gasteiger partial charge in [-0.15, -0.1) is 0 Å². The minimum atomic E-state index is -0.383. The zero-order chi connectivity index (χ0) is 16.6. The van der Waals surface area contributed by atoms with Gasteiger partial charge in [-0.25, -0.2) is 4.79 Å². The van der Waals surface area contributed by atoms with Gasteiger partial charge in [-0.05, 0) is 28.8 Å². The van der Waals surface area contributed by atoms with Crippen molar-refractivity contribution in [1.29, 1.82) is 0 Å². The first-order valence-electron chi connectivity index (χ1n) is 7.79. The minimum absolute atomic E-state index is 0.0997. The quantitative estimate of drug-likeness (QED) is 0.629. The summed E-state index contributed by atoms with van der Waals surface area (Å²) in [5.74, 6) is 0.261. The lowest BCUT2D eigenvalue weighted by Crippen LogP contribution is -2.14. The van der Waals surface area contributed by atoms with Gasteiger partial charge in [0.05, 0.1) is 0 Å². The van der Waals surface area contributed by atoms with Gasteiger partial charge in [0.15, 0.2) is 6.61 Å². The maximum absolute atomic E-state index is 11.7. The van der Waals surface area contributed by atoms with Crippen LogP contribution in [0.25, 0.3) is 11.1 Å². The molecule has 3 rings (SSSR count). The fourth-order valence-corrected chi connectivity index (χ4v) is 2.30. The van der Waals surface area contributed by atoms with Crippen LogP contribution in [0.5, 0.6) is 5.75 Å². The molecule has 0 saturated heterocycles. The molecule has 0 unspecified atom stereocenters. The van der Waals surface area contributed by atoms with Crippen LogP contribution in [-0.4, -0.2) is 12.6 Å². The van der Waals surface area contributed by atoms with E-state index >= 15 is 0 Å². The Labute approximate surface area is 141 Å². The summed E-state index contributed by atoms with van der Waals surface area (Å²) in [5, 5.41) is 0. The van der Waals surface area contributed by atoms with Crippen molar-refractivity contribution in [1.82, 2.24) is 0 Å². The van der Waals surface area contributed by atoms with Gasteiger partial charge in [-0.3, -0.25) is 0 Å². The molecule has 0 aliphatic heterocycles. The third-order valence-corrected chi connectivity index (χ3v) is 3.56. The third kappa shape index (κ3) is 4.46. The van der Waals surface area contributed by atoms with Crippen molar-refractivity contribution in [3.63, 3.8) is 0 Å². The highest BCUT2D eigenvalue weighted by Crippen LogP contribution is 2.22. The predicted molar refractivity (Wildman–Crippen MR) is 93.6 cm³/mol. The van der Waals surface area contributed by atoms with Crippen LogP contribution in [0.1, 0.15) is 5.56 Å². The second-order valence-corrected chi connectivity index (χ2v) is 5.33. The molecule has 0 N–H and O–H groups in total. The second kappa shape index (κ2) is 7.97. The molecule has 0 amide bonds. The van der Waals surface area contributed by atoms with E-state index in [1.807, 2.05) is 72.8 Å². The lowest BCUT2D eigenvalue weighted by molar-refractivity contribution is -0.147. The number of ether oxygens (including phenoxy) is 2. The number of benzene rings is 3. The normalized spacial score (nSPS) is 10.2. The molecule has 0 fully saturated rings. The van der Waals surface area contributed by atoms with Crippen molar-refractivity contribution in [2.24, 2.45) is 0 Å². The van der Waals surface area contributed by atoms with Crippen molar-refractivity contribution in [2.75, 3.05) is 6.61 Å². The summed E-state index contributed by atoms with van der Waals surface area (Å²) in [6, 6.07) is 27.3. The summed E-state index contributed by atoms with van der Waals surface area (Å²) >= 11 is 0. The van der Waals surface area contributed by atoms with Gasteiger partial charge in [0, 0.05) is 0 Å². The number of hydrogen-bond donors (Lipinski definition) is 0. The lowest BCUT2D eigenvalue weighted by Gasteiger charge is -2.08. The van der Waals surface area contributed by atoms with Gasteiger partial charge < -0.3 is 9.47 Å². The average molecular weight is 318 g/mol. The molecule has 3 aromatic rings. The molecule has 0 aromatic heterocycles. The highest BCUT2D eigenvalue weighted by atomic mass is 16.6. The summed E-state index contributed by atoms with van der Waals surface area (Å²) in [5.41, 5.74) is 3.21. The van der Waals surface area contributed by atoms with Crippen molar-refractivity contribution in [3.05, 3.63) is 90.5 Å². The fraction of sp³-hybridized carbons (Fsp3) is 0.0952. The summed E-state index contributed by atoms with van der Waals surface area (Å²) in [6.07, 6.45) is 0. The zero-order valence-corrected chi connectivity index (χ0v) is 13.2. The summed E-state index contributed by atoms with van der Waals surface area (Å²) in [4.78, 5) is 11.7. The second-order valence-electron chi connectivity index (χ2n) is 5.33. The Balaban J connectivity index is 1.49. The van der Waals surface area contributed by atoms with Crippen LogP contribution in [0.4, 0.5) is 0 Å². The molecule has 0 heterocycles. The van der Waals surface area contributed by atoms with E-state index in [1.165, 1.54) is 0 Å². The summed E-state index contributed by atoms with van der Waals surface area (Å²) in [7, 11) is 0. The number of rotatable bonds is 6. The van der Waals surface area contributed by atoms with Crippen LogP contribution in [0, 0.1) is 0 Å². The topological polar surface area (TPSA) is 35.5 Å². The zero-order valence-electron chi connectivity index (χ0n) is 13.2. The van der Waals surface area contributed by atoms with Crippen LogP contribution >= 0.6 is 0 Å². The Morgan fingerprint density at radius 3 is 1.96 bits per heavy atom. The van der Waals surface area contributed by atoms with E-state index in [2.05, 4.69) is 12.1 Å². The van der Waals surface area contributed by atoms with E-state index in [-0.39, 0.29) is 19.2 Å². The highest BCUT2D eigenvalue weighted by Gasteiger charge is 2.05. The highest BCUT2D eigenvalue weighted by molar-refractivity contribution is 5.71. The molecule has 0 radical (unpaired) electrons. The molecule has 0 atom stereocenters. The van der Waals surface area contributed by atoms with Gasteiger partial charge in [-0.2, -0.15) is 0 Å². The van der Waals surface area contributed by atoms with E-state index < -0.39 is 0 Å². The van der Waals surface area contributed by atoms with Crippen LogP contribution in [0.3, 0.4) is 0 Å². The molecule has 120 valence electrons. The first-order chi connectivity index (χ1) is 11.8. The molecule has 0 spiro atoms. The molecule has 0 bridgehead atoms. The van der Waals surface area contributed by atoms with Crippen molar-refractivity contribution in [3.8, 4) is 16.9 Å². The Bertz CT molecular complexity index is 765. The molecule has 24 heavy (non-hydrogen) atoms. The van der Waals surface area contributed by atoms with Crippen LogP contribution < -0.4 is 4.74 Å². The average Bonchev–Trinajstić information content (AvgIpc) is 2.67. The first kappa shape index (κ1) is 15.8. The fourth-order valence-electron chi connectivity index (χ4n) is 2.30. The van der Waals surface area contributed by atoms with Crippen molar-refractivity contribution >= 4 is 5.97 Å². The molecule has 3 nitrogen and oxygen atoms in total. The Morgan fingerprint density at radius 1 is 0.708 bits per heavy atom. The Hall–Kier alpha value is -3.07. The number of hydrogen-bond acceptors (Lipinski definition) is 3. The van der Waals surface area contributed by atoms with Crippen molar-refractivity contribution < 1.29 is 14.3 Å². The molecule has 0 aliphatic rings. The van der Waals surface area contributed by atoms with Gasteiger partial charge in [-0.1, -0.05) is 72.8 Å². The number of carbonyl (C=O) groups is 1. The maximum Gasteiger partial charge on any atom is 0.344 e.